The summed E-state index contributed by atoms with van der Waals surface area (Å²) < 4.78 is 5.36. The van der Waals surface area contributed by atoms with Crippen LogP contribution in [-0.2, 0) is 6.54 Å². The fourth-order valence-corrected chi connectivity index (χ4v) is 2.71. The van der Waals surface area contributed by atoms with Gasteiger partial charge >= 0.3 is 0 Å². The maximum atomic E-state index is 5.83. The summed E-state index contributed by atoms with van der Waals surface area (Å²) in [5.41, 5.74) is 7.91. The molecule has 0 fully saturated rings. The first-order chi connectivity index (χ1) is 9.11. The van der Waals surface area contributed by atoms with Crippen LogP contribution in [0.2, 0.25) is 0 Å². The summed E-state index contributed by atoms with van der Waals surface area (Å²) in [7, 11) is 3.71. The molecule has 1 aromatic carbocycles. The van der Waals surface area contributed by atoms with Gasteiger partial charge in [0.05, 0.1) is 12.8 Å². The second-order valence-electron chi connectivity index (χ2n) is 4.51. The first-order valence-corrected chi connectivity index (χ1v) is 7.04. The summed E-state index contributed by atoms with van der Waals surface area (Å²) in [6, 6.07) is 8.00. The van der Waals surface area contributed by atoms with E-state index in [1.54, 1.807) is 18.4 Å². The lowest BCUT2D eigenvalue weighted by Crippen LogP contribution is -2.17. The molecule has 2 rings (SSSR count). The van der Waals surface area contributed by atoms with Crippen LogP contribution in [0.1, 0.15) is 24.2 Å². The van der Waals surface area contributed by atoms with Crippen molar-refractivity contribution in [2.75, 3.05) is 19.1 Å². The van der Waals surface area contributed by atoms with Gasteiger partial charge in [-0.1, -0.05) is 18.2 Å². The van der Waals surface area contributed by atoms with E-state index in [2.05, 4.69) is 16.0 Å². The van der Waals surface area contributed by atoms with E-state index < -0.39 is 0 Å². The second kappa shape index (κ2) is 6.04. The highest BCUT2D eigenvalue weighted by Gasteiger charge is 2.11. The maximum Gasteiger partial charge on any atom is 0.185 e. The van der Waals surface area contributed by atoms with Gasteiger partial charge in [0.1, 0.15) is 5.75 Å². The van der Waals surface area contributed by atoms with Crippen LogP contribution in [0.25, 0.3) is 0 Å². The molecule has 19 heavy (non-hydrogen) atoms. The van der Waals surface area contributed by atoms with Gasteiger partial charge in [-0.2, -0.15) is 0 Å². The molecule has 0 aliphatic carbocycles. The number of thiazole rings is 1. The number of ether oxygens (including phenoxy) is 1. The highest BCUT2D eigenvalue weighted by atomic mass is 32.1. The number of hydrogen-bond acceptors (Lipinski definition) is 5. The zero-order valence-electron chi connectivity index (χ0n) is 11.5. The molecule has 1 unspecified atom stereocenters. The molecule has 0 aliphatic heterocycles. The van der Waals surface area contributed by atoms with Crippen molar-refractivity contribution in [2.24, 2.45) is 5.73 Å². The van der Waals surface area contributed by atoms with Crippen LogP contribution in [0.15, 0.2) is 29.6 Å². The SMILES string of the molecule is COc1ccccc1CN(C)c1nc(C(C)N)cs1. The van der Waals surface area contributed by atoms with Gasteiger partial charge in [-0.3, -0.25) is 0 Å². The van der Waals surface area contributed by atoms with E-state index in [0.717, 1.165) is 28.7 Å². The average Bonchev–Trinajstić information content (AvgIpc) is 2.89. The van der Waals surface area contributed by atoms with Crippen molar-refractivity contribution < 1.29 is 4.74 Å². The van der Waals surface area contributed by atoms with Crippen molar-refractivity contribution in [3.63, 3.8) is 0 Å². The number of nitrogens with two attached hydrogens (primary N) is 1. The van der Waals surface area contributed by atoms with E-state index >= 15 is 0 Å². The maximum absolute atomic E-state index is 5.83. The standard InChI is InChI=1S/C14H19N3OS/c1-10(15)12-9-19-14(16-12)17(2)8-11-6-4-5-7-13(11)18-3/h4-7,9-10H,8,15H2,1-3H3. The highest BCUT2D eigenvalue weighted by Crippen LogP contribution is 2.26. The molecular weight excluding hydrogens is 258 g/mol. The van der Waals surface area contributed by atoms with Crippen molar-refractivity contribution >= 4 is 16.5 Å². The van der Waals surface area contributed by atoms with Gasteiger partial charge in [0.15, 0.2) is 5.13 Å². The van der Waals surface area contributed by atoms with E-state index in [0.29, 0.717) is 0 Å². The Morgan fingerprint density at radius 1 is 1.42 bits per heavy atom. The Labute approximate surface area is 117 Å². The van der Waals surface area contributed by atoms with Crippen LogP contribution in [0.3, 0.4) is 0 Å². The minimum Gasteiger partial charge on any atom is -0.496 e. The number of anilines is 1. The Balaban J connectivity index is 2.13. The smallest absolute Gasteiger partial charge is 0.185 e. The van der Waals surface area contributed by atoms with E-state index in [1.807, 2.05) is 37.6 Å². The molecule has 1 heterocycles. The predicted octanol–water partition coefficient (Wildman–Crippen LogP) is 2.81. The molecule has 0 aliphatic rings. The van der Waals surface area contributed by atoms with Crippen molar-refractivity contribution in [3.8, 4) is 5.75 Å². The normalized spacial score (nSPS) is 12.2. The third kappa shape index (κ3) is 3.24. The number of benzene rings is 1. The zero-order chi connectivity index (χ0) is 13.8. The van der Waals surface area contributed by atoms with Crippen molar-refractivity contribution in [3.05, 3.63) is 40.9 Å². The lowest BCUT2D eigenvalue weighted by molar-refractivity contribution is 0.409. The molecule has 0 bridgehead atoms. The van der Waals surface area contributed by atoms with Gasteiger partial charge in [-0.25, -0.2) is 4.98 Å². The molecule has 2 aromatic rings. The molecule has 0 saturated carbocycles. The first kappa shape index (κ1) is 13.8. The minimum atomic E-state index is -0.0235. The van der Waals surface area contributed by atoms with Gasteiger partial charge in [0.2, 0.25) is 0 Å². The minimum absolute atomic E-state index is 0.0235. The third-order valence-corrected chi connectivity index (χ3v) is 3.88. The number of aromatic nitrogens is 1. The Morgan fingerprint density at radius 3 is 2.79 bits per heavy atom. The molecule has 2 N–H and O–H groups in total. The number of hydrogen-bond donors (Lipinski definition) is 1. The summed E-state index contributed by atoms with van der Waals surface area (Å²) in [4.78, 5) is 6.65. The third-order valence-electron chi connectivity index (χ3n) is 2.90. The largest absolute Gasteiger partial charge is 0.496 e. The van der Waals surface area contributed by atoms with Crippen molar-refractivity contribution in [2.45, 2.75) is 19.5 Å². The van der Waals surface area contributed by atoms with Crippen LogP contribution in [0, 0.1) is 0 Å². The molecule has 1 atom stereocenters. The van der Waals surface area contributed by atoms with E-state index in [4.69, 9.17) is 10.5 Å². The van der Waals surface area contributed by atoms with Gasteiger partial charge in [-0.05, 0) is 13.0 Å². The average molecular weight is 277 g/mol. The molecule has 0 spiro atoms. The Bertz CT molecular complexity index is 539. The number of nitrogens with zero attached hydrogens (tertiary/aromatic N) is 2. The van der Waals surface area contributed by atoms with Crippen LogP contribution < -0.4 is 15.4 Å². The molecular formula is C14H19N3OS. The van der Waals surface area contributed by atoms with E-state index in [1.165, 1.54) is 0 Å². The predicted molar refractivity (Wildman–Crippen MR) is 79.8 cm³/mol. The van der Waals surface area contributed by atoms with Crippen LogP contribution in [0.5, 0.6) is 5.75 Å². The fraction of sp³-hybridized carbons (Fsp3) is 0.357. The lowest BCUT2D eigenvalue weighted by atomic mass is 10.2. The Morgan fingerprint density at radius 2 is 2.16 bits per heavy atom. The van der Waals surface area contributed by atoms with Crippen LogP contribution in [-0.4, -0.2) is 19.1 Å². The molecule has 1 aromatic heterocycles. The van der Waals surface area contributed by atoms with Crippen molar-refractivity contribution in [1.82, 2.24) is 4.98 Å². The lowest BCUT2D eigenvalue weighted by Gasteiger charge is -2.17. The summed E-state index contributed by atoms with van der Waals surface area (Å²) in [5.74, 6) is 0.901. The number of methoxy groups -OCH3 is 1. The number of para-hydroxylation sites is 1. The molecule has 102 valence electrons. The highest BCUT2D eigenvalue weighted by molar-refractivity contribution is 7.13. The number of rotatable bonds is 5. The van der Waals surface area contributed by atoms with Gasteiger partial charge in [0, 0.05) is 30.6 Å². The fourth-order valence-electron chi connectivity index (χ4n) is 1.82. The molecule has 5 heteroatoms. The monoisotopic (exact) mass is 277 g/mol. The Hall–Kier alpha value is -1.59. The molecule has 0 saturated heterocycles. The molecule has 0 amide bonds. The molecule has 4 nitrogen and oxygen atoms in total. The van der Waals surface area contributed by atoms with Crippen molar-refractivity contribution in [1.29, 1.82) is 0 Å². The Kier molecular flexibility index (Phi) is 4.39. The van der Waals surface area contributed by atoms with Crippen LogP contribution in [0.4, 0.5) is 5.13 Å². The first-order valence-electron chi connectivity index (χ1n) is 6.16. The summed E-state index contributed by atoms with van der Waals surface area (Å²) in [6.07, 6.45) is 0. The van der Waals surface area contributed by atoms with Crippen LogP contribution >= 0.6 is 11.3 Å². The van der Waals surface area contributed by atoms with E-state index in [-0.39, 0.29) is 6.04 Å². The summed E-state index contributed by atoms with van der Waals surface area (Å²) >= 11 is 1.61. The molecule has 0 radical (unpaired) electrons. The quantitative estimate of drug-likeness (QED) is 0.913. The summed E-state index contributed by atoms with van der Waals surface area (Å²) in [6.45, 7) is 2.70. The van der Waals surface area contributed by atoms with E-state index in [9.17, 15) is 0 Å². The van der Waals surface area contributed by atoms with Gasteiger partial charge < -0.3 is 15.4 Å². The van der Waals surface area contributed by atoms with Gasteiger partial charge in [0.25, 0.3) is 0 Å². The van der Waals surface area contributed by atoms with Gasteiger partial charge in [-0.15, -0.1) is 11.3 Å². The summed E-state index contributed by atoms with van der Waals surface area (Å²) in [5, 5.41) is 2.98. The topological polar surface area (TPSA) is 51.4 Å². The second-order valence-corrected chi connectivity index (χ2v) is 5.35. The zero-order valence-corrected chi connectivity index (χ0v) is 12.3.